The van der Waals surface area contributed by atoms with Crippen LogP contribution in [0.15, 0.2) is 46.8 Å². The van der Waals surface area contributed by atoms with Crippen LogP contribution in [0.4, 0.5) is 5.13 Å². The van der Waals surface area contributed by atoms with Crippen molar-refractivity contribution in [1.29, 1.82) is 0 Å². The van der Waals surface area contributed by atoms with Crippen LogP contribution in [0, 0.1) is 0 Å². The smallest absolute Gasteiger partial charge is 0.257 e. The lowest BCUT2D eigenvalue weighted by Gasteiger charge is -2.07. The Bertz CT molecular complexity index is 940. The fourth-order valence-electron chi connectivity index (χ4n) is 2.35. The molecule has 0 radical (unpaired) electrons. The number of hydrogen-bond acceptors (Lipinski definition) is 8. The molecule has 1 N–H and O–H groups in total. The highest BCUT2D eigenvalue weighted by Gasteiger charge is 2.12. The zero-order valence-corrected chi connectivity index (χ0v) is 17.2. The first-order valence-electron chi connectivity index (χ1n) is 8.25. The van der Waals surface area contributed by atoms with Gasteiger partial charge >= 0.3 is 0 Å². The molecule has 3 aromatic rings. The number of benzene rings is 2. The Hall–Kier alpha value is -2.78. The minimum Gasteiger partial charge on any atom is -0.497 e. The molecular weight excluding hydrogens is 398 g/mol. The first-order chi connectivity index (χ1) is 13.6. The van der Waals surface area contributed by atoms with Crippen LogP contribution >= 0.6 is 23.1 Å². The third-order valence-electron chi connectivity index (χ3n) is 3.73. The van der Waals surface area contributed by atoms with Crippen LogP contribution in [-0.2, 0) is 5.75 Å². The van der Waals surface area contributed by atoms with Gasteiger partial charge in [-0.25, -0.2) is 0 Å². The second-order valence-electron chi connectivity index (χ2n) is 5.57. The summed E-state index contributed by atoms with van der Waals surface area (Å²) in [5.41, 5.74) is 1.53. The Labute approximate surface area is 171 Å². The minimum atomic E-state index is -0.260. The number of carbonyl (C=O) groups excluding carboxylic acids is 1. The molecule has 7 nitrogen and oxygen atoms in total. The van der Waals surface area contributed by atoms with E-state index in [1.165, 1.54) is 23.1 Å². The van der Waals surface area contributed by atoms with E-state index in [1.54, 1.807) is 45.6 Å². The standard InChI is InChI=1S/C19H19N3O4S2/c1-24-14-6-4-5-13(9-14)17(23)20-18-21-22-19(28-18)27-11-12-7-15(25-2)10-16(8-12)26-3/h4-10H,11H2,1-3H3,(H,20,21,23). The number of aromatic nitrogens is 2. The van der Waals surface area contributed by atoms with Crippen molar-refractivity contribution >= 4 is 34.1 Å². The number of hydrogen-bond donors (Lipinski definition) is 1. The summed E-state index contributed by atoms with van der Waals surface area (Å²) in [4.78, 5) is 12.3. The van der Waals surface area contributed by atoms with Crippen LogP contribution < -0.4 is 19.5 Å². The highest BCUT2D eigenvalue weighted by molar-refractivity contribution is 8.00. The minimum absolute atomic E-state index is 0.260. The van der Waals surface area contributed by atoms with Gasteiger partial charge in [0.05, 0.1) is 21.3 Å². The van der Waals surface area contributed by atoms with E-state index in [0.29, 0.717) is 22.2 Å². The van der Waals surface area contributed by atoms with E-state index in [2.05, 4.69) is 15.5 Å². The van der Waals surface area contributed by atoms with Crippen LogP contribution in [0.2, 0.25) is 0 Å². The average molecular weight is 418 g/mol. The molecule has 28 heavy (non-hydrogen) atoms. The number of methoxy groups -OCH3 is 3. The SMILES string of the molecule is COc1cc(CSc2nnc(NC(=O)c3cccc(OC)c3)s2)cc(OC)c1. The molecule has 0 spiro atoms. The monoisotopic (exact) mass is 417 g/mol. The summed E-state index contributed by atoms with van der Waals surface area (Å²) < 4.78 is 16.5. The Kier molecular flexibility index (Phi) is 6.72. The van der Waals surface area contributed by atoms with Crippen LogP contribution in [-0.4, -0.2) is 37.4 Å². The van der Waals surface area contributed by atoms with Crippen molar-refractivity contribution in [2.24, 2.45) is 0 Å². The number of rotatable bonds is 8. The van der Waals surface area contributed by atoms with E-state index < -0.39 is 0 Å². The van der Waals surface area contributed by atoms with E-state index in [9.17, 15) is 4.79 Å². The number of thioether (sulfide) groups is 1. The van der Waals surface area contributed by atoms with Gasteiger partial charge in [0, 0.05) is 17.4 Å². The third-order valence-corrected chi connectivity index (χ3v) is 5.78. The third kappa shape index (κ3) is 5.14. The number of amides is 1. The van der Waals surface area contributed by atoms with Gasteiger partial charge in [-0.2, -0.15) is 0 Å². The van der Waals surface area contributed by atoms with Crippen molar-refractivity contribution in [3.63, 3.8) is 0 Å². The molecule has 146 valence electrons. The highest BCUT2D eigenvalue weighted by atomic mass is 32.2. The van der Waals surface area contributed by atoms with Gasteiger partial charge in [-0.3, -0.25) is 10.1 Å². The molecule has 0 atom stereocenters. The molecule has 9 heteroatoms. The molecule has 0 aliphatic carbocycles. The molecule has 0 saturated carbocycles. The molecule has 2 aromatic carbocycles. The van der Waals surface area contributed by atoms with Gasteiger partial charge in [0.2, 0.25) is 5.13 Å². The van der Waals surface area contributed by atoms with Gasteiger partial charge < -0.3 is 14.2 Å². The molecule has 0 aliphatic heterocycles. The Balaban J connectivity index is 1.62. The molecule has 0 saturated heterocycles. The summed E-state index contributed by atoms with van der Waals surface area (Å²) in [6.07, 6.45) is 0. The summed E-state index contributed by atoms with van der Waals surface area (Å²) in [6.45, 7) is 0. The van der Waals surface area contributed by atoms with E-state index in [4.69, 9.17) is 14.2 Å². The average Bonchev–Trinajstić information content (AvgIpc) is 3.19. The maximum Gasteiger partial charge on any atom is 0.257 e. The lowest BCUT2D eigenvalue weighted by Crippen LogP contribution is -2.11. The Morgan fingerprint density at radius 1 is 1.00 bits per heavy atom. The van der Waals surface area contributed by atoms with Gasteiger partial charge in [-0.05, 0) is 35.9 Å². The predicted octanol–water partition coefficient (Wildman–Crippen LogP) is 4.11. The Morgan fingerprint density at radius 3 is 2.39 bits per heavy atom. The molecular formula is C19H19N3O4S2. The van der Waals surface area contributed by atoms with Crippen molar-refractivity contribution < 1.29 is 19.0 Å². The van der Waals surface area contributed by atoms with E-state index in [-0.39, 0.29) is 5.91 Å². The molecule has 1 heterocycles. The highest BCUT2D eigenvalue weighted by Crippen LogP contribution is 2.31. The zero-order valence-electron chi connectivity index (χ0n) is 15.6. The maximum atomic E-state index is 12.3. The lowest BCUT2D eigenvalue weighted by molar-refractivity contribution is 0.102. The summed E-state index contributed by atoms with van der Waals surface area (Å²) >= 11 is 2.84. The molecule has 0 aliphatic rings. The molecule has 0 fully saturated rings. The van der Waals surface area contributed by atoms with Crippen molar-refractivity contribution in [1.82, 2.24) is 10.2 Å². The maximum absolute atomic E-state index is 12.3. The molecule has 0 unspecified atom stereocenters. The molecule has 1 amide bonds. The number of nitrogens with zero attached hydrogens (tertiary/aromatic N) is 2. The van der Waals surface area contributed by atoms with Crippen LogP contribution in [0.1, 0.15) is 15.9 Å². The van der Waals surface area contributed by atoms with Crippen molar-refractivity contribution in [3.05, 3.63) is 53.6 Å². The summed E-state index contributed by atoms with van der Waals surface area (Å²) in [6, 6.07) is 12.6. The topological polar surface area (TPSA) is 82.6 Å². The molecule has 3 rings (SSSR count). The summed E-state index contributed by atoms with van der Waals surface area (Å²) in [5.74, 6) is 2.50. The second kappa shape index (κ2) is 9.43. The number of nitrogens with one attached hydrogen (secondary N) is 1. The molecule has 1 aromatic heterocycles. The summed E-state index contributed by atoms with van der Waals surface area (Å²) in [5, 5.41) is 11.4. The van der Waals surface area contributed by atoms with Crippen LogP contribution in [0.3, 0.4) is 0 Å². The predicted molar refractivity (Wildman–Crippen MR) is 110 cm³/mol. The van der Waals surface area contributed by atoms with E-state index in [1.807, 2.05) is 18.2 Å². The normalized spacial score (nSPS) is 10.4. The fourth-order valence-corrected chi connectivity index (χ4v) is 4.02. The zero-order chi connectivity index (χ0) is 19.9. The summed E-state index contributed by atoms with van der Waals surface area (Å²) in [7, 11) is 4.80. The number of ether oxygens (including phenoxy) is 3. The Morgan fingerprint density at radius 2 is 1.71 bits per heavy atom. The number of carbonyl (C=O) groups is 1. The quantitative estimate of drug-likeness (QED) is 0.436. The molecule has 0 bridgehead atoms. The van der Waals surface area contributed by atoms with Crippen molar-refractivity contribution in [2.45, 2.75) is 10.1 Å². The van der Waals surface area contributed by atoms with Crippen molar-refractivity contribution in [2.75, 3.05) is 26.6 Å². The van der Waals surface area contributed by atoms with Gasteiger partial charge in [0.15, 0.2) is 4.34 Å². The first kappa shape index (κ1) is 20.0. The van der Waals surface area contributed by atoms with Gasteiger partial charge in [-0.1, -0.05) is 29.2 Å². The van der Waals surface area contributed by atoms with Crippen molar-refractivity contribution in [3.8, 4) is 17.2 Å². The van der Waals surface area contributed by atoms with Crippen LogP contribution in [0.5, 0.6) is 17.2 Å². The fraction of sp³-hybridized carbons (Fsp3) is 0.211. The number of anilines is 1. The first-order valence-corrected chi connectivity index (χ1v) is 10.0. The van der Waals surface area contributed by atoms with Crippen LogP contribution in [0.25, 0.3) is 0 Å². The van der Waals surface area contributed by atoms with Gasteiger partial charge in [0.25, 0.3) is 5.91 Å². The van der Waals surface area contributed by atoms with E-state index in [0.717, 1.165) is 21.4 Å². The van der Waals surface area contributed by atoms with E-state index >= 15 is 0 Å². The van der Waals surface area contributed by atoms with Gasteiger partial charge in [-0.15, -0.1) is 10.2 Å². The lowest BCUT2D eigenvalue weighted by atomic mass is 10.2. The largest absolute Gasteiger partial charge is 0.497 e. The van der Waals surface area contributed by atoms with Gasteiger partial charge in [0.1, 0.15) is 17.2 Å². The second-order valence-corrected chi connectivity index (χ2v) is 7.77.